The van der Waals surface area contributed by atoms with Crippen molar-refractivity contribution in [1.29, 1.82) is 0 Å². The van der Waals surface area contributed by atoms with Gasteiger partial charge in [0.1, 0.15) is 0 Å². The molecule has 2 rings (SSSR count). The number of aromatic nitrogens is 2. The lowest BCUT2D eigenvalue weighted by Crippen LogP contribution is -2.24. The molecule has 0 saturated carbocycles. The first-order valence-electron chi connectivity index (χ1n) is 5.45. The number of rotatable bonds is 3. The molecule has 0 bridgehead atoms. The third-order valence-corrected chi connectivity index (χ3v) is 2.79. The van der Waals surface area contributed by atoms with E-state index >= 15 is 0 Å². The third kappa shape index (κ3) is 2.72. The van der Waals surface area contributed by atoms with Crippen LogP contribution in [0.2, 0.25) is 0 Å². The molecule has 1 fully saturated rings. The summed E-state index contributed by atoms with van der Waals surface area (Å²) in [6.45, 7) is 5.17. The summed E-state index contributed by atoms with van der Waals surface area (Å²) in [6, 6.07) is 0. The van der Waals surface area contributed by atoms with Gasteiger partial charge in [0.2, 0.25) is 0 Å². The molecular weight excluding hydrogens is 190 g/mol. The number of aryl methyl sites for hydroxylation is 1. The first-order valence-corrected chi connectivity index (χ1v) is 5.45. The van der Waals surface area contributed by atoms with Crippen molar-refractivity contribution in [3.05, 3.63) is 12.4 Å². The van der Waals surface area contributed by atoms with Gasteiger partial charge in [-0.2, -0.15) is 5.10 Å². The van der Waals surface area contributed by atoms with Gasteiger partial charge in [0, 0.05) is 19.8 Å². The van der Waals surface area contributed by atoms with E-state index in [0.717, 1.165) is 25.1 Å². The molecular formula is C11H19N3O. The highest BCUT2D eigenvalue weighted by atomic mass is 16.5. The Bertz CT molecular complexity index is 332. The summed E-state index contributed by atoms with van der Waals surface area (Å²) >= 11 is 0. The van der Waals surface area contributed by atoms with Gasteiger partial charge in [-0.15, -0.1) is 0 Å². The van der Waals surface area contributed by atoms with Crippen molar-refractivity contribution < 1.29 is 4.74 Å². The van der Waals surface area contributed by atoms with Crippen LogP contribution >= 0.6 is 0 Å². The fourth-order valence-corrected chi connectivity index (χ4v) is 1.97. The first-order chi connectivity index (χ1) is 7.05. The SMILES string of the molecule is Cn1cc(NCC2CCC(C)(C)O2)cn1. The van der Waals surface area contributed by atoms with Crippen molar-refractivity contribution in [2.45, 2.75) is 38.4 Å². The van der Waals surface area contributed by atoms with Crippen molar-refractivity contribution >= 4 is 5.69 Å². The molecule has 0 aromatic carbocycles. The Kier molecular flexibility index (Phi) is 2.69. The van der Waals surface area contributed by atoms with E-state index in [1.807, 2.05) is 19.4 Å². The van der Waals surface area contributed by atoms with Crippen LogP contribution in [0.1, 0.15) is 26.7 Å². The van der Waals surface area contributed by atoms with Crippen LogP contribution in [0.25, 0.3) is 0 Å². The van der Waals surface area contributed by atoms with Gasteiger partial charge in [0.15, 0.2) is 0 Å². The lowest BCUT2D eigenvalue weighted by Gasteiger charge is -2.19. The maximum atomic E-state index is 5.89. The maximum absolute atomic E-state index is 5.89. The van der Waals surface area contributed by atoms with Crippen LogP contribution in [0.4, 0.5) is 5.69 Å². The van der Waals surface area contributed by atoms with E-state index in [0.29, 0.717) is 6.10 Å². The van der Waals surface area contributed by atoms with Gasteiger partial charge in [0.25, 0.3) is 0 Å². The second-order valence-corrected chi connectivity index (χ2v) is 4.82. The topological polar surface area (TPSA) is 39.1 Å². The van der Waals surface area contributed by atoms with Crippen molar-refractivity contribution in [3.63, 3.8) is 0 Å². The van der Waals surface area contributed by atoms with Crippen molar-refractivity contribution in [2.24, 2.45) is 7.05 Å². The summed E-state index contributed by atoms with van der Waals surface area (Å²) in [6.07, 6.45) is 6.42. The lowest BCUT2D eigenvalue weighted by atomic mass is 10.1. The molecule has 1 saturated heterocycles. The Labute approximate surface area is 90.6 Å². The number of hydrogen-bond donors (Lipinski definition) is 1. The fourth-order valence-electron chi connectivity index (χ4n) is 1.97. The fraction of sp³-hybridized carbons (Fsp3) is 0.727. The molecule has 4 heteroatoms. The zero-order chi connectivity index (χ0) is 10.9. The second-order valence-electron chi connectivity index (χ2n) is 4.82. The first kappa shape index (κ1) is 10.5. The molecule has 0 radical (unpaired) electrons. The molecule has 84 valence electrons. The third-order valence-electron chi connectivity index (χ3n) is 2.79. The number of ether oxygens (including phenoxy) is 1. The minimum atomic E-state index is 0.0568. The Hall–Kier alpha value is -1.03. The highest BCUT2D eigenvalue weighted by Gasteiger charge is 2.31. The van der Waals surface area contributed by atoms with E-state index in [4.69, 9.17) is 4.74 Å². The average molecular weight is 209 g/mol. The van der Waals surface area contributed by atoms with Gasteiger partial charge in [0.05, 0.1) is 23.6 Å². The van der Waals surface area contributed by atoms with Crippen LogP contribution in [0.15, 0.2) is 12.4 Å². The molecule has 1 aromatic heterocycles. The van der Waals surface area contributed by atoms with Gasteiger partial charge in [-0.05, 0) is 26.7 Å². The standard InChI is InChI=1S/C11H19N3O/c1-11(2)5-4-10(15-11)7-12-9-6-13-14(3)8-9/h6,8,10,12H,4-5,7H2,1-3H3. The molecule has 0 amide bonds. The Morgan fingerprint density at radius 3 is 3.00 bits per heavy atom. The molecule has 1 unspecified atom stereocenters. The Morgan fingerprint density at radius 1 is 1.67 bits per heavy atom. The van der Waals surface area contributed by atoms with Crippen molar-refractivity contribution in [2.75, 3.05) is 11.9 Å². The van der Waals surface area contributed by atoms with Gasteiger partial charge in [-0.25, -0.2) is 0 Å². The van der Waals surface area contributed by atoms with Crippen LogP contribution < -0.4 is 5.32 Å². The van der Waals surface area contributed by atoms with Crippen LogP contribution in [-0.4, -0.2) is 28.0 Å². The highest BCUT2D eigenvalue weighted by Crippen LogP contribution is 2.29. The summed E-state index contributed by atoms with van der Waals surface area (Å²) in [5, 5.41) is 7.44. The minimum absolute atomic E-state index is 0.0568. The molecule has 1 N–H and O–H groups in total. The monoisotopic (exact) mass is 209 g/mol. The van der Waals surface area contributed by atoms with Gasteiger partial charge in [-0.3, -0.25) is 4.68 Å². The predicted octanol–water partition coefficient (Wildman–Crippen LogP) is 1.79. The van der Waals surface area contributed by atoms with E-state index in [1.165, 1.54) is 0 Å². The minimum Gasteiger partial charge on any atom is -0.380 e. The number of anilines is 1. The van der Waals surface area contributed by atoms with Gasteiger partial charge in [-0.1, -0.05) is 0 Å². The van der Waals surface area contributed by atoms with Crippen LogP contribution in [0, 0.1) is 0 Å². The molecule has 1 aromatic rings. The summed E-state index contributed by atoms with van der Waals surface area (Å²) in [4.78, 5) is 0. The highest BCUT2D eigenvalue weighted by molar-refractivity contribution is 5.38. The molecule has 0 aliphatic carbocycles. The molecule has 15 heavy (non-hydrogen) atoms. The Balaban J connectivity index is 1.80. The summed E-state index contributed by atoms with van der Waals surface area (Å²) in [5.74, 6) is 0. The van der Waals surface area contributed by atoms with Crippen molar-refractivity contribution in [1.82, 2.24) is 9.78 Å². The average Bonchev–Trinajstić information content (AvgIpc) is 2.69. The quantitative estimate of drug-likeness (QED) is 0.825. The zero-order valence-corrected chi connectivity index (χ0v) is 9.66. The van der Waals surface area contributed by atoms with Crippen LogP contribution in [0.3, 0.4) is 0 Å². The molecule has 1 atom stereocenters. The zero-order valence-electron chi connectivity index (χ0n) is 9.66. The van der Waals surface area contributed by atoms with Gasteiger partial charge >= 0.3 is 0 Å². The predicted molar refractivity (Wildman–Crippen MR) is 59.9 cm³/mol. The second kappa shape index (κ2) is 3.85. The summed E-state index contributed by atoms with van der Waals surface area (Å²) < 4.78 is 7.68. The van der Waals surface area contributed by atoms with Crippen LogP contribution in [0.5, 0.6) is 0 Å². The lowest BCUT2D eigenvalue weighted by molar-refractivity contribution is -0.00910. The van der Waals surface area contributed by atoms with E-state index in [9.17, 15) is 0 Å². The molecule has 0 spiro atoms. The normalized spacial score (nSPS) is 24.3. The van der Waals surface area contributed by atoms with Gasteiger partial charge < -0.3 is 10.1 Å². The van der Waals surface area contributed by atoms with Crippen molar-refractivity contribution in [3.8, 4) is 0 Å². The molecule has 1 aliphatic heterocycles. The van der Waals surface area contributed by atoms with E-state index in [2.05, 4.69) is 24.3 Å². The number of nitrogens with zero attached hydrogens (tertiary/aromatic N) is 2. The molecule has 2 heterocycles. The van der Waals surface area contributed by atoms with E-state index < -0.39 is 0 Å². The van der Waals surface area contributed by atoms with Crippen LogP contribution in [-0.2, 0) is 11.8 Å². The molecule has 4 nitrogen and oxygen atoms in total. The smallest absolute Gasteiger partial charge is 0.0755 e. The van der Waals surface area contributed by atoms with E-state index in [-0.39, 0.29) is 5.60 Å². The molecule has 1 aliphatic rings. The number of hydrogen-bond acceptors (Lipinski definition) is 3. The largest absolute Gasteiger partial charge is 0.380 e. The number of nitrogens with one attached hydrogen (secondary N) is 1. The van der Waals surface area contributed by atoms with E-state index in [1.54, 1.807) is 4.68 Å². The maximum Gasteiger partial charge on any atom is 0.0755 e. The summed E-state index contributed by atoms with van der Waals surface area (Å²) in [7, 11) is 1.92. The Morgan fingerprint density at radius 2 is 2.47 bits per heavy atom. The summed E-state index contributed by atoms with van der Waals surface area (Å²) in [5.41, 5.74) is 1.12.